The van der Waals surface area contributed by atoms with Crippen LogP contribution >= 0.6 is 0 Å². The van der Waals surface area contributed by atoms with Crippen LogP contribution < -0.4 is 5.73 Å². The first-order chi connectivity index (χ1) is 8.58. The fourth-order valence-corrected chi connectivity index (χ4v) is 2.13. The molecule has 0 spiro atoms. The van der Waals surface area contributed by atoms with Crippen molar-refractivity contribution in [2.75, 3.05) is 19.8 Å². The number of hydrogen-bond acceptors (Lipinski definition) is 4. The van der Waals surface area contributed by atoms with Gasteiger partial charge in [-0.1, -0.05) is 26.7 Å². The highest BCUT2D eigenvalue weighted by molar-refractivity contribution is 5.81. The van der Waals surface area contributed by atoms with Crippen LogP contribution in [0.5, 0.6) is 0 Å². The van der Waals surface area contributed by atoms with Gasteiger partial charge in [-0.2, -0.15) is 0 Å². The molecule has 0 amide bonds. The fourth-order valence-electron chi connectivity index (χ4n) is 2.13. The number of esters is 1. The highest BCUT2D eigenvalue weighted by Crippen LogP contribution is 2.39. The molecule has 0 aliphatic heterocycles. The van der Waals surface area contributed by atoms with Gasteiger partial charge in [-0.15, -0.1) is 0 Å². The van der Waals surface area contributed by atoms with Crippen molar-refractivity contribution in [2.24, 2.45) is 17.6 Å². The number of carbonyl (C=O) groups excluding carboxylic acids is 1. The minimum Gasteiger partial charge on any atom is -0.465 e. The molecule has 0 radical (unpaired) electrons. The van der Waals surface area contributed by atoms with Gasteiger partial charge in [0.15, 0.2) is 0 Å². The average molecular weight is 257 g/mol. The van der Waals surface area contributed by atoms with Crippen molar-refractivity contribution in [3.05, 3.63) is 0 Å². The summed E-state index contributed by atoms with van der Waals surface area (Å²) in [4.78, 5) is 11.9. The van der Waals surface area contributed by atoms with Gasteiger partial charge in [0, 0.05) is 6.61 Å². The maximum absolute atomic E-state index is 11.9. The molecule has 1 aliphatic carbocycles. The van der Waals surface area contributed by atoms with Gasteiger partial charge in [-0.05, 0) is 31.6 Å². The van der Waals surface area contributed by atoms with E-state index in [9.17, 15) is 4.79 Å². The Hall–Kier alpha value is -0.610. The van der Waals surface area contributed by atoms with Crippen LogP contribution in [0.1, 0.15) is 46.5 Å². The van der Waals surface area contributed by atoms with E-state index in [1.165, 1.54) is 0 Å². The summed E-state index contributed by atoms with van der Waals surface area (Å²) >= 11 is 0. The van der Waals surface area contributed by atoms with Gasteiger partial charge in [-0.3, -0.25) is 0 Å². The second-order valence-corrected chi connectivity index (χ2v) is 5.23. The van der Waals surface area contributed by atoms with Crippen molar-refractivity contribution in [2.45, 2.75) is 52.0 Å². The summed E-state index contributed by atoms with van der Waals surface area (Å²) in [5.74, 6) is 0.478. The van der Waals surface area contributed by atoms with Crippen LogP contribution in [0.15, 0.2) is 0 Å². The van der Waals surface area contributed by atoms with Crippen LogP contribution in [0.4, 0.5) is 0 Å². The zero-order chi connectivity index (χ0) is 13.6. The standard InChI is InChI=1S/C14H27NO3/c1-4-11(5-2)9-17-10-14(15,12-7-8-12)13(16)18-6-3/h11-12H,4-10,15H2,1-3H3. The lowest BCUT2D eigenvalue weighted by Crippen LogP contribution is -2.55. The second kappa shape index (κ2) is 7.10. The Balaban J connectivity index is 2.45. The molecule has 0 heterocycles. The molecule has 0 bridgehead atoms. The van der Waals surface area contributed by atoms with E-state index in [0.29, 0.717) is 19.1 Å². The van der Waals surface area contributed by atoms with Crippen LogP contribution in [-0.2, 0) is 14.3 Å². The first-order valence-electron chi connectivity index (χ1n) is 7.12. The monoisotopic (exact) mass is 257 g/mol. The quantitative estimate of drug-likeness (QED) is 0.643. The Labute approximate surface area is 110 Å². The molecule has 1 atom stereocenters. The van der Waals surface area contributed by atoms with Gasteiger partial charge in [0.2, 0.25) is 0 Å². The predicted octanol–water partition coefficient (Wildman–Crippen LogP) is 2.11. The Morgan fingerprint density at radius 3 is 2.39 bits per heavy atom. The highest BCUT2D eigenvalue weighted by atomic mass is 16.5. The minimum atomic E-state index is -0.929. The first-order valence-corrected chi connectivity index (χ1v) is 7.12. The average Bonchev–Trinajstić information content (AvgIpc) is 3.19. The molecule has 1 fully saturated rings. The van der Waals surface area contributed by atoms with Crippen molar-refractivity contribution in [1.29, 1.82) is 0 Å². The van der Waals surface area contributed by atoms with E-state index in [0.717, 1.165) is 25.7 Å². The number of rotatable bonds is 9. The molecule has 0 aromatic rings. The molecule has 4 heteroatoms. The Morgan fingerprint density at radius 1 is 1.33 bits per heavy atom. The van der Waals surface area contributed by atoms with Crippen LogP contribution in [-0.4, -0.2) is 31.3 Å². The third-order valence-electron chi connectivity index (χ3n) is 3.81. The fraction of sp³-hybridized carbons (Fsp3) is 0.929. The third-order valence-corrected chi connectivity index (χ3v) is 3.81. The molecule has 1 rings (SSSR count). The van der Waals surface area contributed by atoms with E-state index in [1.54, 1.807) is 6.92 Å². The molecule has 4 nitrogen and oxygen atoms in total. The molecule has 0 saturated heterocycles. The second-order valence-electron chi connectivity index (χ2n) is 5.23. The van der Waals surface area contributed by atoms with E-state index in [-0.39, 0.29) is 18.5 Å². The van der Waals surface area contributed by atoms with Crippen molar-refractivity contribution >= 4 is 5.97 Å². The van der Waals surface area contributed by atoms with E-state index < -0.39 is 5.54 Å². The van der Waals surface area contributed by atoms with Gasteiger partial charge < -0.3 is 15.2 Å². The Bertz CT molecular complexity index is 262. The molecular weight excluding hydrogens is 230 g/mol. The summed E-state index contributed by atoms with van der Waals surface area (Å²) < 4.78 is 10.8. The van der Waals surface area contributed by atoms with Crippen molar-refractivity contribution < 1.29 is 14.3 Å². The lowest BCUT2D eigenvalue weighted by molar-refractivity contribution is -0.153. The lowest BCUT2D eigenvalue weighted by atomic mass is 9.95. The first kappa shape index (κ1) is 15.4. The molecule has 0 aromatic carbocycles. The number of nitrogens with two attached hydrogens (primary N) is 1. The molecule has 106 valence electrons. The van der Waals surface area contributed by atoms with Crippen LogP contribution in [0.2, 0.25) is 0 Å². The van der Waals surface area contributed by atoms with Gasteiger partial charge >= 0.3 is 5.97 Å². The maximum atomic E-state index is 11.9. The van der Waals surface area contributed by atoms with E-state index >= 15 is 0 Å². The number of ether oxygens (including phenoxy) is 2. The largest absolute Gasteiger partial charge is 0.465 e. The highest BCUT2D eigenvalue weighted by Gasteiger charge is 2.49. The van der Waals surface area contributed by atoms with Crippen LogP contribution in [0.3, 0.4) is 0 Å². The summed E-state index contributed by atoms with van der Waals surface area (Å²) in [6, 6.07) is 0. The van der Waals surface area contributed by atoms with Crippen molar-refractivity contribution in [1.82, 2.24) is 0 Å². The van der Waals surface area contributed by atoms with Gasteiger partial charge in [0.25, 0.3) is 0 Å². The normalized spacial score (nSPS) is 18.7. The maximum Gasteiger partial charge on any atom is 0.328 e. The Kier molecular flexibility index (Phi) is 6.09. The molecule has 2 N–H and O–H groups in total. The molecule has 18 heavy (non-hydrogen) atoms. The smallest absolute Gasteiger partial charge is 0.328 e. The lowest BCUT2D eigenvalue weighted by Gasteiger charge is -2.27. The molecule has 1 aliphatic rings. The summed E-state index contributed by atoms with van der Waals surface area (Å²) in [5, 5.41) is 0. The zero-order valence-corrected chi connectivity index (χ0v) is 11.9. The Morgan fingerprint density at radius 2 is 1.94 bits per heavy atom. The molecule has 1 saturated carbocycles. The summed E-state index contributed by atoms with van der Waals surface area (Å²) in [6.07, 6.45) is 4.20. The van der Waals surface area contributed by atoms with Gasteiger partial charge in [0.1, 0.15) is 5.54 Å². The summed E-state index contributed by atoms with van der Waals surface area (Å²) in [5.41, 5.74) is 5.27. The summed E-state index contributed by atoms with van der Waals surface area (Å²) in [7, 11) is 0. The van der Waals surface area contributed by atoms with Crippen LogP contribution in [0.25, 0.3) is 0 Å². The van der Waals surface area contributed by atoms with E-state index in [1.807, 2.05) is 0 Å². The SMILES string of the molecule is CCOC(=O)C(N)(COCC(CC)CC)C1CC1. The molecular formula is C14H27NO3. The van der Waals surface area contributed by atoms with Crippen molar-refractivity contribution in [3.8, 4) is 0 Å². The summed E-state index contributed by atoms with van der Waals surface area (Å²) in [6.45, 7) is 7.44. The predicted molar refractivity (Wildman–Crippen MR) is 71.2 cm³/mol. The number of hydrogen-bond donors (Lipinski definition) is 1. The number of carbonyl (C=O) groups is 1. The third kappa shape index (κ3) is 3.95. The van der Waals surface area contributed by atoms with Gasteiger partial charge in [-0.25, -0.2) is 4.79 Å². The topological polar surface area (TPSA) is 61.5 Å². The van der Waals surface area contributed by atoms with E-state index in [2.05, 4.69) is 13.8 Å². The van der Waals surface area contributed by atoms with Gasteiger partial charge in [0.05, 0.1) is 13.2 Å². The zero-order valence-electron chi connectivity index (χ0n) is 11.9. The minimum absolute atomic E-state index is 0.234. The van der Waals surface area contributed by atoms with E-state index in [4.69, 9.17) is 15.2 Å². The van der Waals surface area contributed by atoms with Crippen molar-refractivity contribution in [3.63, 3.8) is 0 Å². The molecule has 0 aromatic heterocycles. The van der Waals surface area contributed by atoms with Crippen LogP contribution in [0, 0.1) is 11.8 Å². The molecule has 1 unspecified atom stereocenters.